The number of hydrogen-bond donors (Lipinski definition) is 2. The Morgan fingerprint density at radius 3 is 2.80 bits per heavy atom. The predicted octanol–water partition coefficient (Wildman–Crippen LogP) is 3.98. The number of aromatic hydroxyl groups is 1. The van der Waals surface area contributed by atoms with Crippen molar-refractivity contribution in [3.63, 3.8) is 0 Å². The summed E-state index contributed by atoms with van der Waals surface area (Å²) in [6.07, 6.45) is 1.70. The van der Waals surface area contributed by atoms with Crippen LogP contribution in [0.2, 0.25) is 0 Å². The van der Waals surface area contributed by atoms with Crippen LogP contribution < -0.4 is 4.74 Å². The maximum atomic E-state index is 9.54. The fourth-order valence-electron chi connectivity index (χ4n) is 2.30. The Morgan fingerprint density at radius 2 is 2.04 bits per heavy atom. The van der Waals surface area contributed by atoms with Crippen molar-refractivity contribution >= 4 is 18.4 Å². The average molecular weight is 354 g/mol. The van der Waals surface area contributed by atoms with Crippen LogP contribution in [0.3, 0.4) is 0 Å². The van der Waals surface area contributed by atoms with Crippen molar-refractivity contribution in [1.82, 2.24) is 14.9 Å². The normalized spacial score (nSPS) is 11.3. The maximum absolute atomic E-state index is 9.54. The molecule has 0 unspecified atom stereocenters. The van der Waals surface area contributed by atoms with E-state index in [4.69, 9.17) is 17.0 Å². The molecular formula is C18H18N4O2S. The minimum atomic E-state index is 0.0832. The van der Waals surface area contributed by atoms with E-state index in [1.54, 1.807) is 24.4 Å². The number of ether oxygens (including phenoxy) is 1. The first kappa shape index (κ1) is 16.9. The zero-order chi connectivity index (χ0) is 17.8. The van der Waals surface area contributed by atoms with E-state index in [0.29, 0.717) is 10.6 Å². The smallest absolute Gasteiger partial charge is 0.216 e. The second kappa shape index (κ2) is 7.31. The summed E-state index contributed by atoms with van der Waals surface area (Å²) in [6.45, 7) is 3.95. The van der Waals surface area contributed by atoms with Crippen LogP contribution in [-0.4, -0.2) is 32.3 Å². The lowest BCUT2D eigenvalue weighted by Crippen LogP contribution is -2.05. The molecule has 0 aliphatic carbocycles. The Bertz CT molecular complexity index is 959. The molecule has 0 amide bonds. The van der Waals surface area contributed by atoms with Crippen molar-refractivity contribution in [2.24, 2.45) is 5.10 Å². The Hall–Kier alpha value is -2.93. The molecule has 1 aromatic heterocycles. The van der Waals surface area contributed by atoms with Crippen LogP contribution in [0, 0.1) is 4.77 Å². The number of H-pyrrole nitrogens is 1. The van der Waals surface area contributed by atoms with Gasteiger partial charge in [0.05, 0.1) is 12.3 Å². The van der Waals surface area contributed by atoms with E-state index in [1.807, 2.05) is 44.2 Å². The lowest BCUT2D eigenvalue weighted by molar-refractivity contribution is 0.242. The van der Waals surface area contributed by atoms with Crippen molar-refractivity contribution in [3.8, 4) is 22.9 Å². The van der Waals surface area contributed by atoms with Gasteiger partial charge in [0, 0.05) is 5.56 Å². The van der Waals surface area contributed by atoms with Crippen molar-refractivity contribution in [2.75, 3.05) is 0 Å². The van der Waals surface area contributed by atoms with E-state index in [-0.39, 0.29) is 11.9 Å². The van der Waals surface area contributed by atoms with Crippen LogP contribution in [-0.2, 0) is 0 Å². The first-order valence-corrected chi connectivity index (χ1v) is 8.21. The molecule has 0 aliphatic heterocycles. The Morgan fingerprint density at radius 1 is 1.24 bits per heavy atom. The van der Waals surface area contributed by atoms with Gasteiger partial charge in [-0.15, -0.1) is 0 Å². The first-order valence-electron chi connectivity index (χ1n) is 7.81. The van der Waals surface area contributed by atoms with Gasteiger partial charge in [-0.2, -0.15) is 14.9 Å². The van der Waals surface area contributed by atoms with Gasteiger partial charge in [0.1, 0.15) is 11.5 Å². The summed E-state index contributed by atoms with van der Waals surface area (Å²) in [5, 5.41) is 20.9. The number of nitrogens with one attached hydrogen (secondary N) is 1. The molecule has 0 radical (unpaired) electrons. The summed E-state index contributed by atoms with van der Waals surface area (Å²) >= 11 is 5.27. The molecule has 0 spiro atoms. The van der Waals surface area contributed by atoms with Gasteiger partial charge in [0.25, 0.3) is 0 Å². The number of phenolic OH excluding ortho intramolecular Hbond substituents is 1. The molecule has 6 nitrogen and oxygen atoms in total. The van der Waals surface area contributed by atoms with E-state index in [0.717, 1.165) is 16.9 Å². The predicted molar refractivity (Wildman–Crippen MR) is 99.7 cm³/mol. The van der Waals surface area contributed by atoms with E-state index >= 15 is 0 Å². The number of benzene rings is 2. The lowest BCUT2D eigenvalue weighted by Gasteiger charge is -2.10. The second-order valence-electron chi connectivity index (χ2n) is 5.70. The third-order valence-electron chi connectivity index (χ3n) is 3.31. The third-order valence-corrected chi connectivity index (χ3v) is 3.57. The van der Waals surface area contributed by atoms with Crippen molar-refractivity contribution in [2.45, 2.75) is 20.0 Å². The van der Waals surface area contributed by atoms with Gasteiger partial charge >= 0.3 is 0 Å². The van der Waals surface area contributed by atoms with Crippen LogP contribution in [0.1, 0.15) is 19.4 Å². The summed E-state index contributed by atoms with van der Waals surface area (Å²) in [5.74, 6) is 1.51. The standard InChI is InChI=1S/C18H18N4O2S/c1-12(2)24-16-8-4-6-14(10-16)17-20-21-18(25)22(17)19-11-13-5-3-7-15(23)9-13/h3-12,23H,1-2H3,(H,21,25)/b19-11-. The largest absolute Gasteiger partial charge is 0.508 e. The molecule has 0 bridgehead atoms. The molecular weight excluding hydrogens is 336 g/mol. The van der Waals surface area contributed by atoms with Crippen LogP contribution in [0.15, 0.2) is 53.6 Å². The highest BCUT2D eigenvalue weighted by molar-refractivity contribution is 7.71. The van der Waals surface area contributed by atoms with E-state index in [1.165, 1.54) is 4.68 Å². The zero-order valence-corrected chi connectivity index (χ0v) is 14.7. The number of aromatic nitrogens is 3. The summed E-state index contributed by atoms with van der Waals surface area (Å²) in [6, 6.07) is 14.4. The summed E-state index contributed by atoms with van der Waals surface area (Å²) in [7, 11) is 0. The van der Waals surface area contributed by atoms with E-state index in [9.17, 15) is 5.11 Å². The molecule has 3 rings (SSSR count). The van der Waals surface area contributed by atoms with Gasteiger partial charge in [0.2, 0.25) is 4.77 Å². The van der Waals surface area contributed by atoms with Crippen LogP contribution in [0.5, 0.6) is 11.5 Å². The molecule has 0 fully saturated rings. The highest BCUT2D eigenvalue weighted by Crippen LogP contribution is 2.23. The first-order chi connectivity index (χ1) is 12.0. The van der Waals surface area contributed by atoms with Crippen LogP contribution in [0.25, 0.3) is 11.4 Å². The van der Waals surface area contributed by atoms with Gasteiger partial charge in [0.15, 0.2) is 5.82 Å². The van der Waals surface area contributed by atoms with Gasteiger partial charge in [-0.3, -0.25) is 0 Å². The molecule has 3 aromatic rings. The topological polar surface area (TPSA) is 75.4 Å². The molecule has 1 heterocycles. The molecule has 2 aromatic carbocycles. The minimum absolute atomic E-state index is 0.0832. The molecule has 0 saturated carbocycles. The van der Waals surface area contributed by atoms with Crippen molar-refractivity contribution < 1.29 is 9.84 Å². The molecule has 25 heavy (non-hydrogen) atoms. The monoisotopic (exact) mass is 354 g/mol. The molecule has 128 valence electrons. The maximum Gasteiger partial charge on any atom is 0.216 e. The minimum Gasteiger partial charge on any atom is -0.508 e. The number of nitrogens with zero attached hydrogens (tertiary/aromatic N) is 3. The van der Waals surface area contributed by atoms with Crippen molar-refractivity contribution in [1.29, 1.82) is 0 Å². The molecule has 0 saturated heterocycles. The summed E-state index contributed by atoms with van der Waals surface area (Å²) in [4.78, 5) is 0. The van der Waals surface area contributed by atoms with E-state index < -0.39 is 0 Å². The molecule has 0 atom stereocenters. The Labute approximate surface area is 150 Å². The van der Waals surface area contributed by atoms with Crippen LogP contribution in [0.4, 0.5) is 0 Å². The Balaban J connectivity index is 1.96. The van der Waals surface area contributed by atoms with E-state index in [2.05, 4.69) is 15.3 Å². The summed E-state index contributed by atoms with van der Waals surface area (Å²) < 4.78 is 7.64. The van der Waals surface area contributed by atoms with Gasteiger partial charge in [-0.05, 0) is 55.9 Å². The SMILES string of the molecule is CC(C)Oc1cccc(-c2n[nH]c(=S)n2/N=C\c2cccc(O)c2)c1. The number of hydrogen-bond acceptors (Lipinski definition) is 5. The number of rotatable bonds is 5. The lowest BCUT2D eigenvalue weighted by atomic mass is 10.2. The highest BCUT2D eigenvalue weighted by Gasteiger charge is 2.09. The molecule has 2 N–H and O–H groups in total. The average Bonchev–Trinajstić information content (AvgIpc) is 2.93. The number of aromatic amines is 1. The third kappa shape index (κ3) is 4.13. The molecule has 0 aliphatic rings. The number of phenols is 1. The van der Waals surface area contributed by atoms with Crippen molar-refractivity contribution in [3.05, 3.63) is 58.9 Å². The fraction of sp³-hybridized carbons (Fsp3) is 0.167. The van der Waals surface area contributed by atoms with Gasteiger partial charge in [-0.25, -0.2) is 5.10 Å². The van der Waals surface area contributed by atoms with Gasteiger partial charge < -0.3 is 9.84 Å². The molecule has 7 heteroatoms. The summed E-state index contributed by atoms with van der Waals surface area (Å²) in [5.41, 5.74) is 1.59. The quantitative estimate of drug-likeness (QED) is 0.537. The second-order valence-corrected chi connectivity index (χ2v) is 6.08. The highest BCUT2D eigenvalue weighted by atomic mass is 32.1. The van der Waals surface area contributed by atoms with Gasteiger partial charge in [-0.1, -0.05) is 24.3 Å². The Kier molecular flexibility index (Phi) is 4.95. The fourth-order valence-corrected chi connectivity index (χ4v) is 2.48. The zero-order valence-electron chi connectivity index (χ0n) is 13.9. The van der Waals surface area contributed by atoms with Crippen LogP contribution >= 0.6 is 12.2 Å².